The van der Waals surface area contributed by atoms with Gasteiger partial charge in [0.1, 0.15) is 6.04 Å². The number of esters is 1. The standard InChI is InChI=1S/C17H25N3O6S/c1-12(2)16(17(21)26-3)19(13-8-10-18-11-9-13)27(24,25)15-7-5-4-6-14(15)20(22)23/h4-7,12-13,16,18H,8-11H2,1-3H3. The highest BCUT2D eigenvalue weighted by atomic mass is 32.2. The van der Waals surface area contributed by atoms with Gasteiger partial charge in [0.15, 0.2) is 4.90 Å². The number of para-hydroxylation sites is 1. The molecule has 1 atom stereocenters. The Morgan fingerprint density at radius 2 is 1.89 bits per heavy atom. The Morgan fingerprint density at radius 3 is 2.41 bits per heavy atom. The number of nitro benzene ring substituents is 1. The Morgan fingerprint density at radius 1 is 1.30 bits per heavy atom. The summed E-state index contributed by atoms with van der Waals surface area (Å²) in [4.78, 5) is 22.7. The minimum Gasteiger partial charge on any atom is -0.468 e. The summed E-state index contributed by atoms with van der Waals surface area (Å²) in [6.07, 6.45) is 1.00. The Balaban J connectivity index is 2.64. The molecular weight excluding hydrogens is 374 g/mol. The summed E-state index contributed by atoms with van der Waals surface area (Å²) in [5.74, 6) is -1.05. The number of nitro groups is 1. The van der Waals surface area contributed by atoms with Crippen LogP contribution in [0.5, 0.6) is 0 Å². The van der Waals surface area contributed by atoms with Crippen molar-refractivity contribution in [2.45, 2.75) is 43.7 Å². The van der Waals surface area contributed by atoms with Crippen molar-refractivity contribution in [3.05, 3.63) is 34.4 Å². The van der Waals surface area contributed by atoms with E-state index in [-0.39, 0.29) is 5.92 Å². The van der Waals surface area contributed by atoms with E-state index in [4.69, 9.17) is 4.74 Å². The molecule has 1 N–H and O–H groups in total. The molecule has 0 aliphatic carbocycles. The van der Waals surface area contributed by atoms with Gasteiger partial charge in [-0.2, -0.15) is 4.31 Å². The summed E-state index contributed by atoms with van der Waals surface area (Å²) in [5.41, 5.74) is -0.510. The maximum absolute atomic E-state index is 13.5. The van der Waals surface area contributed by atoms with Crippen LogP contribution in [-0.2, 0) is 19.6 Å². The Bertz CT molecular complexity index is 790. The van der Waals surface area contributed by atoms with Crippen LogP contribution in [0.25, 0.3) is 0 Å². The zero-order valence-electron chi connectivity index (χ0n) is 15.6. The third kappa shape index (κ3) is 4.45. The van der Waals surface area contributed by atoms with Gasteiger partial charge in [-0.3, -0.25) is 14.9 Å². The van der Waals surface area contributed by atoms with Crippen molar-refractivity contribution >= 4 is 21.7 Å². The number of methoxy groups -OCH3 is 1. The number of piperidine rings is 1. The van der Waals surface area contributed by atoms with Crippen LogP contribution in [0.4, 0.5) is 5.69 Å². The first-order valence-electron chi connectivity index (χ1n) is 8.77. The predicted octanol–water partition coefficient (Wildman–Crippen LogP) is 1.54. The molecule has 2 rings (SSSR count). The van der Waals surface area contributed by atoms with Crippen molar-refractivity contribution in [2.75, 3.05) is 20.2 Å². The van der Waals surface area contributed by atoms with E-state index in [0.29, 0.717) is 25.9 Å². The molecule has 1 unspecified atom stereocenters. The van der Waals surface area contributed by atoms with Crippen molar-refractivity contribution in [2.24, 2.45) is 5.92 Å². The summed E-state index contributed by atoms with van der Waals surface area (Å²) >= 11 is 0. The smallest absolute Gasteiger partial charge is 0.324 e. The molecule has 9 nitrogen and oxygen atoms in total. The number of rotatable bonds is 7. The van der Waals surface area contributed by atoms with Gasteiger partial charge in [-0.05, 0) is 37.9 Å². The maximum atomic E-state index is 13.5. The lowest BCUT2D eigenvalue weighted by atomic mass is 10.00. The van der Waals surface area contributed by atoms with Crippen LogP contribution in [-0.4, -0.2) is 55.9 Å². The van der Waals surface area contributed by atoms with Crippen molar-refractivity contribution in [1.82, 2.24) is 9.62 Å². The quantitative estimate of drug-likeness (QED) is 0.419. The molecule has 0 saturated carbocycles. The van der Waals surface area contributed by atoms with E-state index < -0.39 is 43.6 Å². The molecule has 0 radical (unpaired) electrons. The first-order valence-corrected chi connectivity index (χ1v) is 10.2. The van der Waals surface area contributed by atoms with Crippen LogP contribution in [0.1, 0.15) is 26.7 Å². The van der Waals surface area contributed by atoms with Gasteiger partial charge < -0.3 is 10.1 Å². The second kappa shape index (κ2) is 8.77. The van der Waals surface area contributed by atoms with Gasteiger partial charge in [0.25, 0.3) is 15.7 Å². The van der Waals surface area contributed by atoms with E-state index in [0.717, 1.165) is 10.4 Å². The summed E-state index contributed by atoms with van der Waals surface area (Å²) in [5, 5.41) is 14.5. The number of hydrogen-bond donors (Lipinski definition) is 1. The largest absolute Gasteiger partial charge is 0.468 e. The SMILES string of the molecule is COC(=O)C(C(C)C)N(C1CCNCC1)S(=O)(=O)c1ccccc1[N+](=O)[O-]. The average Bonchev–Trinajstić information content (AvgIpc) is 2.65. The highest BCUT2D eigenvalue weighted by Crippen LogP contribution is 2.33. The van der Waals surface area contributed by atoms with Crippen molar-refractivity contribution < 1.29 is 22.9 Å². The van der Waals surface area contributed by atoms with Crippen LogP contribution >= 0.6 is 0 Å². The molecule has 1 aliphatic heterocycles. The molecule has 27 heavy (non-hydrogen) atoms. The lowest BCUT2D eigenvalue weighted by Crippen LogP contribution is -2.55. The van der Waals surface area contributed by atoms with Crippen LogP contribution in [0, 0.1) is 16.0 Å². The van der Waals surface area contributed by atoms with Crippen LogP contribution in [0.2, 0.25) is 0 Å². The highest BCUT2D eigenvalue weighted by molar-refractivity contribution is 7.89. The molecule has 1 aromatic rings. The molecule has 1 fully saturated rings. The molecule has 0 aromatic heterocycles. The fourth-order valence-electron chi connectivity index (χ4n) is 3.36. The average molecular weight is 399 g/mol. The number of sulfonamides is 1. The number of carbonyl (C=O) groups is 1. The number of nitrogens with one attached hydrogen (secondary N) is 1. The fourth-order valence-corrected chi connectivity index (χ4v) is 5.48. The van der Waals surface area contributed by atoms with Crippen LogP contribution in [0.3, 0.4) is 0 Å². The highest BCUT2D eigenvalue weighted by Gasteiger charge is 2.45. The second-order valence-corrected chi connectivity index (χ2v) is 8.56. The van der Waals surface area contributed by atoms with E-state index in [2.05, 4.69) is 5.32 Å². The third-order valence-corrected chi connectivity index (χ3v) is 6.62. The van der Waals surface area contributed by atoms with Gasteiger partial charge in [-0.25, -0.2) is 8.42 Å². The molecule has 0 bridgehead atoms. The van der Waals surface area contributed by atoms with E-state index in [1.807, 2.05) is 0 Å². The van der Waals surface area contributed by atoms with Crippen LogP contribution in [0.15, 0.2) is 29.2 Å². The first kappa shape index (κ1) is 21.3. The molecule has 0 spiro atoms. The van der Waals surface area contributed by atoms with Gasteiger partial charge in [-0.15, -0.1) is 0 Å². The van der Waals surface area contributed by atoms with E-state index in [1.165, 1.54) is 25.3 Å². The lowest BCUT2D eigenvalue weighted by Gasteiger charge is -2.39. The number of hydrogen-bond acceptors (Lipinski definition) is 7. The maximum Gasteiger partial charge on any atom is 0.324 e. The van der Waals surface area contributed by atoms with Gasteiger partial charge in [0.2, 0.25) is 0 Å². The van der Waals surface area contributed by atoms with Crippen LogP contribution < -0.4 is 5.32 Å². The topological polar surface area (TPSA) is 119 Å². The summed E-state index contributed by atoms with van der Waals surface area (Å²) in [7, 11) is -3.11. The summed E-state index contributed by atoms with van der Waals surface area (Å²) in [6, 6.07) is 3.67. The molecule has 1 aliphatic rings. The zero-order chi connectivity index (χ0) is 20.2. The monoisotopic (exact) mass is 399 g/mol. The van der Waals surface area contributed by atoms with Gasteiger partial charge in [-0.1, -0.05) is 26.0 Å². The molecule has 1 heterocycles. The molecule has 0 amide bonds. The van der Waals surface area contributed by atoms with E-state index >= 15 is 0 Å². The lowest BCUT2D eigenvalue weighted by molar-refractivity contribution is -0.387. The second-order valence-electron chi connectivity index (χ2n) is 6.75. The van der Waals surface area contributed by atoms with Crippen molar-refractivity contribution in [1.29, 1.82) is 0 Å². The summed E-state index contributed by atoms with van der Waals surface area (Å²) in [6.45, 7) is 4.65. The fraction of sp³-hybridized carbons (Fsp3) is 0.588. The molecular formula is C17H25N3O6S. The Labute approximate surface area is 158 Å². The number of nitrogens with zero attached hydrogens (tertiary/aromatic N) is 2. The number of benzene rings is 1. The Hall–Kier alpha value is -2.04. The van der Waals surface area contributed by atoms with Gasteiger partial charge >= 0.3 is 5.97 Å². The van der Waals surface area contributed by atoms with E-state index in [9.17, 15) is 23.3 Å². The minimum absolute atomic E-state index is 0.370. The third-order valence-electron chi connectivity index (χ3n) is 4.63. The van der Waals surface area contributed by atoms with Gasteiger partial charge in [0.05, 0.1) is 12.0 Å². The molecule has 10 heteroatoms. The molecule has 1 aromatic carbocycles. The summed E-state index contributed by atoms with van der Waals surface area (Å²) < 4.78 is 33.0. The zero-order valence-corrected chi connectivity index (χ0v) is 16.4. The van der Waals surface area contributed by atoms with Crippen molar-refractivity contribution in [3.63, 3.8) is 0 Å². The number of carbonyl (C=O) groups excluding carboxylic acids is 1. The van der Waals surface area contributed by atoms with Crippen molar-refractivity contribution in [3.8, 4) is 0 Å². The molecule has 150 valence electrons. The van der Waals surface area contributed by atoms with E-state index in [1.54, 1.807) is 13.8 Å². The number of ether oxygens (including phenoxy) is 1. The predicted molar refractivity (Wildman–Crippen MR) is 98.7 cm³/mol. The Kier molecular flexibility index (Phi) is 6.90. The normalized spacial score (nSPS) is 17.1. The molecule has 1 saturated heterocycles. The minimum atomic E-state index is -4.31. The van der Waals surface area contributed by atoms with Gasteiger partial charge in [0, 0.05) is 12.1 Å². The first-order chi connectivity index (χ1) is 12.7.